The standard InChI is InChI=1S/C13H8BrCl2FIN/c14-9-3-2-7(12(17)11(9)16)13(19)8-5-6(15)1-4-10(8)18/h1-5,13H,19H2. The van der Waals surface area contributed by atoms with Crippen molar-refractivity contribution in [3.63, 3.8) is 0 Å². The van der Waals surface area contributed by atoms with E-state index < -0.39 is 11.9 Å². The topological polar surface area (TPSA) is 26.0 Å². The number of halogens is 5. The molecule has 2 aromatic carbocycles. The molecule has 1 atom stereocenters. The second kappa shape index (κ2) is 6.26. The quantitative estimate of drug-likeness (QED) is 0.448. The summed E-state index contributed by atoms with van der Waals surface area (Å²) in [6.07, 6.45) is 0. The predicted octanol–water partition coefficient (Wildman–Crippen LogP) is 5.55. The summed E-state index contributed by atoms with van der Waals surface area (Å²) in [6.45, 7) is 0. The molecule has 19 heavy (non-hydrogen) atoms. The van der Waals surface area contributed by atoms with Gasteiger partial charge in [-0.05, 0) is 68.3 Å². The van der Waals surface area contributed by atoms with Gasteiger partial charge in [-0.3, -0.25) is 0 Å². The van der Waals surface area contributed by atoms with Crippen molar-refractivity contribution in [2.24, 2.45) is 5.73 Å². The molecule has 0 saturated carbocycles. The molecule has 2 N–H and O–H groups in total. The van der Waals surface area contributed by atoms with E-state index in [1.165, 1.54) is 0 Å². The molecule has 0 aromatic heterocycles. The number of benzene rings is 2. The molecule has 0 radical (unpaired) electrons. The third kappa shape index (κ3) is 3.24. The van der Waals surface area contributed by atoms with Gasteiger partial charge in [0, 0.05) is 18.6 Å². The lowest BCUT2D eigenvalue weighted by Crippen LogP contribution is -2.15. The minimum atomic E-state index is -0.615. The molecule has 0 aliphatic carbocycles. The summed E-state index contributed by atoms with van der Waals surface area (Å²) in [7, 11) is 0. The zero-order valence-corrected chi connectivity index (χ0v) is 14.7. The van der Waals surface area contributed by atoms with Crippen molar-refractivity contribution < 1.29 is 4.39 Å². The van der Waals surface area contributed by atoms with E-state index in [9.17, 15) is 4.39 Å². The summed E-state index contributed by atoms with van der Waals surface area (Å²) >= 11 is 17.2. The molecule has 0 spiro atoms. The van der Waals surface area contributed by atoms with Crippen LogP contribution < -0.4 is 5.73 Å². The van der Waals surface area contributed by atoms with Crippen LogP contribution in [-0.2, 0) is 0 Å². The Morgan fingerprint density at radius 3 is 2.53 bits per heavy atom. The van der Waals surface area contributed by atoms with E-state index in [1.54, 1.807) is 24.3 Å². The smallest absolute Gasteiger partial charge is 0.148 e. The van der Waals surface area contributed by atoms with Gasteiger partial charge in [-0.2, -0.15) is 0 Å². The van der Waals surface area contributed by atoms with Gasteiger partial charge in [-0.25, -0.2) is 4.39 Å². The average Bonchev–Trinajstić information content (AvgIpc) is 2.38. The highest BCUT2D eigenvalue weighted by molar-refractivity contribution is 14.1. The van der Waals surface area contributed by atoms with Crippen LogP contribution in [0.3, 0.4) is 0 Å². The number of nitrogens with two attached hydrogens (primary N) is 1. The lowest BCUT2D eigenvalue weighted by molar-refractivity contribution is 0.599. The second-order valence-corrected chi connectivity index (χ2v) is 6.74. The van der Waals surface area contributed by atoms with Crippen molar-refractivity contribution >= 4 is 61.7 Å². The predicted molar refractivity (Wildman–Crippen MR) is 89.3 cm³/mol. The first-order chi connectivity index (χ1) is 8.91. The van der Waals surface area contributed by atoms with Crippen molar-refractivity contribution in [1.82, 2.24) is 0 Å². The molecular formula is C13H8BrCl2FIN. The Morgan fingerprint density at radius 2 is 1.84 bits per heavy atom. The van der Waals surface area contributed by atoms with E-state index in [1.807, 2.05) is 6.07 Å². The van der Waals surface area contributed by atoms with E-state index in [0.717, 1.165) is 9.13 Å². The van der Waals surface area contributed by atoms with Gasteiger partial charge in [0.15, 0.2) is 0 Å². The maximum atomic E-state index is 14.2. The molecule has 6 heteroatoms. The van der Waals surface area contributed by atoms with Crippen molar-refractivity contribution in [3.8, 4) is 0 Å². The third-order valence-corrected chi connectivity index (χ3v) is 5.17. The fraction of sp³-hybridized carbons (Fsp3) is 0.0769. The average molecular weight is 475 g/mol. The van der Waals surface area contributed by atoms with Crippen LogP contribution in [0.2, 0.25) is 10.0 Å². The van der Waals surface area contributed by atoms with Gasteiger partial charge in [0.2, 0.25) is 0 Å². The van der Waals surface area contributed by atoms with Crippen molar-refractivity contribution in [2.45, 2.75) is 6.04 Å². The minimum absolute atomic E-state index is 0.0324. The minimum Gasteiger partial charge on any atom is -0.320 e. The van der Waals surface area contributed by atoms with Gasteiger partial charge in [-0.1, -0.05) is 29.3 Å². The largest absolute Gasteiger partial charge is 0.320 e. The van der Waals surface area contributed by atoms with Gasteiger partial charge in [-0.15, -0.1) is 0 Å². The van der Waals surface area contributed by atoms with Crippen LogP contribution in [-0.4, -0.2) is 0 Å². The molecule has 0 saturated heterocycles. The normalized spacial score (nSPS) is 12.5. The highest BCUT2D eigenvalue weighted by Gasteiger charge is 2.19. The Kier molecular flexibility index (Phi) is 5.11. The first kappa shape index (κ1) is 15.5. The molecule has 2 aromatic rings. The zero-order valence-electron chi connectivity index (χ0n) is 9.43. The first-order valence-corrected chi connectivity index (χ1v) is 7.88. The van der Waals surface area contributed by atoms with Crippen LogP contribution in [0.25, 0.3) is 0 Å². The maximum Gasteiger partial charge on any atom is 0.148 e. The summed E-state index contributed by atoms with van der Waals surface area (Å²) in [4.78, 5) is 0. The number of hydrogen-bond acceptors (Lipinski definition) is 1. The maximum absolute atomic E-state index is 14.2. The van der Waals surface area contributed by atoms with E-state index >= 15 is 0 Å². The summed E-state index contributed by atoms with van der Waals surface area (Å²) in [5.41, 5.74) is 7.24. The molecule has 0 fully saturated rings. The highest BCUT2D eigenvalue weighted by atomic mass is 127. The molecule has 1 unspecified atom stereocenters. The lowest BCUT2D eigenvalue weighted by Gasteiger charge is -2.16. The van der Waals surface area contributed by atoms with Crippen LogP contribution in [0.4, 0.5) is 4.39 Å². The van der Waals surface area contributed by atoms with Gasteiger partial charge in [0.1, 0.15) is 5.82 Å². The summed E-state index contributed by atoms with van der Waals surface area (Å²) in [5, 5.41) is 0.597. The SMILES string of the molecule is NC(c1cc(Cl)ccc1I)c1ccc(Br)c(Cl)c1F. The van der Waals surface area contributed by atoms with Crippen molar-refractivity contribution in [2.75, 3.05) is 0 Å². The van der Waals surface area contributed by atoms with Crippen LogP contribution in [0.5, 0.6) is 0 Å². The van der Waals surface area contributed by atoms with E-state index in [2.05, 4.69) is 38.5 Å². The Labute approximate surface area is 142 Å². The molecule has 0 aliphatic rings. The molecule has 0 bridgehead atoms. The molecular weight excluding hydrogens is 467 g/mol. The summed E-state index contributed by atoms with van der Waals surface area (Å²) in [5.74, 6) is -0.515. The first-order valence-electron chi connectivity index (χ1n) is 5.25. The van der Waals surface area contributed by atoms with E-state index in [0.29, 0.717) is 15.1 Å². The van der Waals surface area contributed by atoms with Crippen LogP contribution in [0.15, 0.2) is 34.8 Å². The molecule has 0 aliphatic heterocycles. The van der Waals surface area contributed by atoms with Gasteiger partial charge in [0.05, 0.1) is 11.1 Å². The van der Waals surface area contributed by atoms with E-state index in [-0.39, 0.29) is 5.02 Å². The lowest BCUT2D eigenvalue weighted by atomic mass is 9.99. The van der Waals surface area contributed by atoms with Gasteiger partial charge < -0.3 is 5.73 Å². The Balaban J connectivity index is 2.53. The Morgan fingerprint density at radius 1 is 1.16 bits per heavy atom. The molecule has 0 heterocycles. The fourth-order valence-electron chi connectivity index (χ4n) is 1.70. The zero-order chi connectivity index (χ0) is 14.2. The monoisotopic (exact) mass is 473 g/mol. The summed E-state index contributed by atoms with van der Waals surface area (Å²) < 4.78 is 15.6. The third-order valence-electron chi connectivity index (χ3n) is 2.69. The molecule has 1 nitrogen and oxygen atoms in total. The van der Waals surface area contributed by atoms with Gasteiger partial charge in [0.25, 0.3) is 0 Å². The van der Waals surface area contributed by atoms with Crippen LogP contribution in [0.1, 0.15) is 17.2 Å². The number of hydrogen-bond donors (Lipinski definition) is 1. The summed E-state index contributed by atoms with van der Waals surface area (Å²) in [6, 6.07) is 8.03. The van der Waals surface area contributed by atoms with E-state index in [4.69, 9.17) is 28.9 Å². The van der Waals surface area contributed by atoms with Crippen molar-refractivity contribution in [3.05, 3.63) is 65.4 Å². The Bertz CT molecular complexity index is 636. The van der Waals surface area contributed by atoms with Crippen LogP contribution >= 0.6 is 61.7 Å². The molecule has 0 amide bonds. The highest BCUT2D eigenvalue weighted by Crippen LogP contribution is 2.33. The fourth-order valence-corrected chi connectivity index (χ4v) is 3.03. The van der Waals surface area contributed by atoms with Crippen LogP contribution in [0, 0.1) is 9.39 Å². The molecule has 2 rings (SSSR count). The second-order valence-electron chi connectivity index (χ2n) is 3.91. The molecule has 100 valence electrons. The Hall–Kier alpha value is 0.120. The number of rotatable bonds is 2. The van der Waals surface area contributed by atoms with Crippen molar-refractivity contribution in [1.29, 1.82) is 0 Å². The van der Waals surface area contributed by atoms with Gasteiger partial charge >= 0.3 is 0 Å².